The van der Waals surface area contributed by atoms with Crippen LogP contribution < -0.4 is 39.3 Å². The predicted molar refractivity (Wildman–Crippen MR) is 467 cm³/mol. The Kier molecular flexibility index (Phi) is 30.3. The number of amides is 13. The number of carbonyl (C=O) groups is 13. The van der Waals surface area contributed by atoms with E-state index in [9.17, 15) is 77.6 Å². The van der Waals surface area contributed by atoms with E-state index in [-0.39, 0.29) is 73.0 Å². The molecule has 0 bridgehead atoms. The van der Waals surface area contributed by atoms with Crippen molar-refractivity contribution in [2.24, 2.45) is 58.3 Å². The van der Waals surface area contributed by atoms with Crippen LogP contribution in [-0.4, -0.2) is 247 Å². The minimum absolute atomic E-state index is 0.00445. The number of likely N-dealkylation sites (tertiary alicyclic amines) is 8. The number of imide groups is 4. The van der Waals surface area contributed by atoms with Gasteiger partial charge >= 0.3 is 6.09 Å². The number of carbonyl (C=O) groups excluding carboxylic acids is 13. The van der Waals surface area contributed by atoms with Gasteiger partial charge in [0, 0.05) is 26.2 Å². The van der Waals surface area contributed by atoms with Crippen molar-refractivity contribution in [3.05, 3.63) is 179 Å². The van der Waals surface area contributed by atoms with Crippen molar-refractivity contribution in [1.82, 2.24) is 49.8 Å². The number of ether oxygens (including phenoxy) is 1. The van der Waals surface area contributed by atoms with Gasteiger partial charge in [-0.15, -0.1) is 0 Å². The third-order valence-corrected chi connectivity index (χ3v) is 26.9. The van der Waals surface area contributed by atoms with Gasteiger partial charge in [-0.05, 0) is 143 Å². The fourth-order valence-corrected chi connectivity index (χ4v) is 19.2. The first-order valence-corrected chi connectivity index (χ1v) is 44.2. The summed E-state index contributed by atoms with van der Waals surface area (Å²) in [5.41, 5.74) is 30.1. The molecule has 4 spiro atoms. The molecule has 32 heteroatoms. The van der Waals surface area contributed by atoms with Crippen molar-refractivity contribution < 1.29 is 82.4 Å². The van der Waals surface area contributed by atoms with Gasteiger partial charge in [0.1, 0.15) is 46.9 Å². The highest BCUT2D eigenvalue weighted by Gasteiger charge is 2.73. The van der Waals surface area contributed by atoms with Gasteiger partial charge in [-0.1, -0.05) is 214 Å². The molecule has 5 aromatic carbocycles. The molecule has 9 heterocycles. The van der Waals surface area contributed by atoms with Crippen LogP contribution in [0.25, 0.3) is 0 Å². The van der Waals surface area contributed by atoms with E-state index < -0.39 is 160 Å². The van der Waals surface area contributed by atoms with Crippen molar-refractivity contribution in [3.63, 3.8) is 0 Å². The van der Waals surface area contributed by atoms with Crippen LogP contribution in [0.5, 0.6) is 0 Å². The average Bonchev–Trinajstić information content (AvgIpc) is 1.37. The molecular formula is C94H127N15O17. The largest absolute Gasteiger partial charge is 0.445 e. The smallest absolute Gasteiger partial charge is 0.408 e. The lowest BCUT2D eigenvalue weighted by Crippen LogP contribution is -2.77. The maximum absolute atomic E-state index is 14.4. The molecule has 13 amide bonds. The zero-order chi connectivity index (χ0) is 92.1. The van der Waals surface area contributed by atoms with E-state index in [0.717, 1.165) is 47.2 Å². The Morgan fingerprint density at radius 2 is 0.746 bits per heavy atom. The van der Waals surface area contributed by atoms with Crippen molar-refractivity contribution in [2.75, 3.05) is 32.7 Å². The summed E-state index contributed by atoms with van der Waals surface area (Å²) in [6, 6.07) is 37.8. The summed E-state index contributed by atoms with van der Waals surface area (Å²) in [6.45, 7) is 22.9. The zero-order valence-electron chi connectivity index (χ0n) is 74.2. The average molecular weight is 1740 g/mol. The maximum atomic E-state index is 14.4. The molecule has 19 atom stereocenters. The summed E-state index contributed by atoms with van der Waals surface area (Å²) in [5, 5.41) is 36.0. The Morgan fingerprint density at radius 3 is 1.10 bits per heavy atom. The Bertz CT molecular complexity index is 4630. The number of β-lactam (4-membered cyclic amide) rings is 4. The second-order valence-corrected chi connectivity index (χ2v) is 36.4. The molecule has 19 unspecified atom stereocenters. The highest BCUT2D eigenvalue weighted by atomic mass is 16.5. The minimum Gasteiger partial charge on any atom is -0.445 e. The summed E-state index contributed by atoms with van der Waals surface area (Å²) in [7, 11) is 0. The molecule has 0 aromatic heterocycles. The molecule has 15 N–H and O–H groups in total. The first-order valence-electron chi connectivity index (χ1n) is 44.2. The fourth-order valence-electron chi connectivity index (χ4n) is 19.2. The van der Waals surface area contributed by atoms with Crippen LogP contribution in [0, 0.1) is 29.6 Å². The van der Waals surface area contributed by atoms with Gasteiger partial charge in [0.2, 0.25) is 47.3 Å². The molecule has 0 saturated carbocycles. The molecular weight excluding hydrogens is 1610 g/mol. The molecule has 680 valence electrons. The van der Waals surface area contributed by atoms with Crippen LogP contribution in [0.1, 0.15) is 199 Å². The third kappa shape index (κ3) is 17.7. The van der Waals surface area contributed by atoms with Crippen molar-refractivity contribution in [2.45, 2.75) is 261 Å². The van der Waals surface area contributed by atoms with E-state index in [2.05, 4.69) is 10.6 Å². The highest BCUT2D eigenvalue weighted by molar-refractivity contribution is 6.13. The Morgan fingerprint density at radius 1 is 0.397 bits per heavy atom. The van der Waals surface area contributed by atoms with Crippen molar-refractivity contribution in [1.29, 1.82) is 0 Å². The van der Waals surface area contributed by atoms with Gasteiger partial charge in [-0.25, -0.2) is 4.79 Å². The molecule has 32 nitrogen and oxygen atoms in total. The topological polar surface area (TPSA) is 472 Å². The molecule has 9 saturated heterocycles. The lowest BCUT2D eigenvalue weighted by Gasteiger charge is -2.57. The predicted octanol–water partition coefficient (Wildman–Crippen LogP) is 4.92. The lowest BCUT2D eigenvalue weighted by atomic mass is 9.72. The number of hydrogen-bond acceptors (Lipinski definition) is 23. The first kappa shape index (κ1) is 96.1. The van der Waals surface area contributed by atoms with E-state index in [1.54, 1.807) is 35.8 Å². The van der Waals surface area contributed by atoms with Gasteiger partial charge in [-0.3, -0.25) is 77.1 Å². The summed E-state index contributed by atoms with van der Waals surface area (Å²) >= 11 is 0. The van der Waals surface area contributed by atoms with E-state index in [0.29, 0.717) is 64.5 Å². The van der Waals surface area contributed by atoms with E-state index in [1.807, 2.05) is 195 Å². The number of hydrogen-bond donors (Lipinski definition) is 10. The summed E-state index contributed by atoms with van der Waals surface area (Å²) in [4.78, 5) is 184. The second-order valence-electron chi connectivity index (χ2n) is 36.4. The SMILES string of the molecule is CC(C)C(N)C(=O)N1C(=O)C2(CCCN2)C1c1ccccc1.CC(C)C(N)C(=O)N1C(=O)C2(CCCN2C(=O)C(C)C(C)O)C1c1ccccc1.CC(C)C(N)C(=O)N1C(=O)C2(CCCN2C(=O)C(N)C(C)O)C1c1ccccc1.CC(C)C(N)C(=O)N1C(=O)C2(CCCN2C(=O)C2CCCN2C(=O)C(NC(=O)OCc2ccccc2)C(C)O)C1c1ccccc1. The number of alkyl carbamates (subject to hydrolysis) is 1. The van der Waals surface area contributed by atoms with E-state index in [4.69, 9.17) is 33.4 Å². The first-order chi connectivity index (χ1) is 59.8. The number of rotatable bonds is 22. The van der Waals surface area contributed by atoms with Crippen LogP contribution >= 0.6 is 0 Å². The van der Waals surface area contributed by atoms with Crippen molar-refractivity contribution >= 4 is 77.0 Å². The van der Waals surface area contributed by atoms with E-state index in [1.165, 1.54) is 43.2 Å². The van der Waals surface area contributed by atoms with Gasteiger partial charge in [-0.2, -0.15) is 0 Å². The number of nitrogens with zero attached hydrogens (tertiary/aromatic N) is 8. The number of benzene rings is 5. The molecule has 126 heavy (non-hydrogen) atoms. The Balaban J connectivity index is 0.000000169. The number of aliphatic hydroxyl groups excluding tert-OH is 3. The van der Waals surface area contributed by atoms with Gasteiger partial charge < -0.3 is 79.0 Å². The van der Waals surface area contributed by atoms with Crippen LogP contribution in [0.2, 0.25) is 0 Å². The standard InChI is InChI=1S/C34H43N5O7.C22H31N3O4.C21H30N4O4.C17H23N3O2/c1-21(2)26(35)30(42)39-28(24-14-8-5-9-15-24)34(32(39)44)17-11-19-38(34)29(41)25-16-10-18-37(25)31(43)27(22(3)40)36-33(45)46-20-23-12-6-4-7-13-23;1-13(2)17(23)20(28)25-18(16-9-6-5-7-10-16)22(21(25)29)11-8-12-24(22)19(27)14(3)15(4)26;1-12(2)15(22)19(28)25-17(14-8-5-4-6-9-14)21(20(25)29)10-7-11-24(21)18(27)16(23)13(3)26;1-11(2)13(18)15(21)20-14(12-7-4-3-5-8-12)17(16(20)22)9-6-10-19-17/h4-9,12-15,21-22,25-28,40H,10-11,16-20,35H2,1-3H3,(H,36,45);5-7,9-10,13-15,17-18,26H,8,11-12,23H2,1-4H3;4-6,8-9,12-13,15-17,26H,7,10-11,22-23H2,1-3H3;3-5,7-8,11,13-14,19H,6,9-10,18H2,1-2H3. The molecule has 9 aliphatic heterocycles. The molecule has 9 aliphatic rings. The van der Waals surface area contributed by atoms with Crippen LogP contribution in [0.15, 0.2) is 152 Å². The number of nitrogens with one attached hydrogen (secondary N) is 2. The fraction of sp³-hybridized carbons (Fsp3) is 0.543. The molecule has 14 rings (SSSR count). The summed E-state index contributed by atoms with van der Waals surface area (Å²) in [6.07, 6.45) is 1.71. The van der Waals surface area contributed by atoms with Crippen LogP contribution in [0.3, 0.4) is 0 Å². The minimum atomic E-state index is -1.35. The maximum Gasteiger partial charge on any atom is 0.408 e. The second kappa shape index (κ2) is 39.8. The Labute approximate surface area is 736 Å². The highest BCUT2D eigenvalue weighted by Crippen LogP contribution is 2.57. The van der Waals surface area contributed by atoms with Gasteiger partial charge in [0.25, 0.3) is 23.6 Å². The zero-order valence-corrected chi connectivity index (χ0v) is 74.2. The Hall–Kier alpha value is -10.6. The number of nitrogens with two attached hydrogens (primary N) is 5. The lowest BCUT2D eigenvalue weighted by molar-refractivity contribution is -0.187. The molecule has 0 aliphatic carbocycles. The monoisotopic (exact) mass is 1740 g/mol. The quantitative estimate of drug-likeness (QED) is 0.0411. The van der Waals surface area contributed by atoms with Crippen LogP contribution in [-0.2, 0) is 68.9 Å². The molecule has 5 aromatic rings. The van der Waals surface area contributed by atoms with Crippen molar-refractivity contribution in [3.8, 4) is 0 Å². The third-order valence-electron chi connectivity index (χ3n) is 26.9. The van der Waals surface area contributed by atoms with Gasteiger partial charge in [0.15, 0.2) is 0 Å². The molecule has 9 fully saturated rings. The normalized spacial score (nSPS) is 26.5. The van der Waals surface area contributed by atoms with E-state index >= 15 is 0 Å². The molecule has 0 radical (unpaired) electrons. The summed E-state index contributed by atoms with van der Waals surface area (Å²) < 4.78 is 5.27. The van der Waals surface area contributed by atoms with Crippen LogP contribution in [0.4, 0.5) is 4.79 Å². The van der Waals surface area contributed by atoms with Gasteiger partial charge in [0.05, 0.1) is 72.6 Å². The summed E-state index contributed by atoms with van der Waals surface area (Å²) in [5.74, 6) is -5.79. The number of aliphatic hydroxyl groups is 3.